The molecule has 0 N–H and O–H groups in total. The van der Waals surface area contributed by atoms with Gasteiger partial charge in [0.25, 0.3) is 0 Å². The van der Waals surface area contributed by atoms with Gasteiger partial charge in [-0.1, -0.05) is 48.9 Å². The number of aromatic nitrogens is 2. The summed E-state index contributed by atoms with van der Waals surface area (Å²) >= 11 is 6.17. The van der Waals surface area contributed by atoms with Crippen molar-refractivity contribution < 1.29 is 4.74 Å². The molecule has 1 aromatic carbocycles. The average molecular weight is 304 g/mol. The topological polar surface area (TPSA) is 38.2 Å². The molecule has 1 aromatic heterocycles. The maximum Gasteiger partial charge on any atom is 0.160 e. The van der Waals surface area contributed by atoms with Gasteiger partial charge in [-0.3, -0.25) is 4.90 Å². The van der Waals surface area contributed by atoms with Crippen molar-refractivity contribution in [2.45, 2.75) is 13.0 Å². The molecule has 1 fully saturated rings. The van der Waals surface area contributed by atoms with Crippen molar-refractivity contribution in [1.29, 1.82) is 0 Å². The number of nitrogens with zero attached hydrogens (tertiary/aromatic N) is 3. The SMILES string of the molecule is CCN1CCOC(c2nc(Cl)cc(-c3ccccc3)n2)C1. The van der Waals surface area contributed by atoms with E-state index in [1.54, 1.807) is 6.07 Å². The zero-order valence-corrected chi connectivity index (χ0v) is 12.8. The van der Waals surface area contributed by atoms with Crippen LogP contribution in [0, 0.1) is 0 Å². The third-order valence-corrected chi connectivity index (χ3v) is 3.86. The van der Waals surface area contributed by atoms with E-state index in [1.165, 1.54) is 0 Å². The van der Waals surface area contributed by atoms with E-state index in [2.05, 4.69) is 21.8 Å². The van der Waals surface area contributed by atoms with Gasteiger partial charge in [-0.05, 0) is 6.54 Å². The van der Waals surface area contributed by atoms with Gasteiger partial charge in [0.1, 0.15) is 11.3 Å². The molecule has 2 aromatic rings. The Hall–Kier alpha value is -1.49. The molecular formula is C16H18ClN3O. The minimum Gasteiger partial charge on any atom is -0.368 e. The van der Waals surface area contributed by atoms with Gasteiger partial charge in [-0.2, -0.15) is 0 Å². The van der Waals surface area contributed by atoms with Crippen molar-refractivity contribution in [3.8, 4) is 11.3 Å². The Balaban J connectivity index is 1.91. The highest BCUT2D eigenvalue weighted by Gasteiger charge is 2.24. The normalized spacial score (nSPS) is 19.6. The number of morpholine rings is 1. The van der Waals surface area contributed by atoms with E-state index in [0.717, 1.165) is 30.9 Å². The average Bonchev–Trinajstić information content (AvgIpc) is 2.55. The largest absolute Gasteiger partial charge is 0.368 e. The van der Waals surface area contributed by atoms with Crippen molar-refractivity contribution in [3.63, 3.8) is 0 Å². The first-order valence-corrected chi connectivity index (χ1v) is 7.58. The number of benzene rings is 1. The summed E-state index contributed by atoms with van der Waals surface area (Å²) in [5.41, 5.74) is 1.87. The van der Waals surface area contributed by atoms with Gasteiger partial charge in [-0.15, -0.1) is 0 Å². The smallest absolute Gasteiger partial charge is 0.160 e. The molecule has 0 bridgehead atoms. The maximum absolute atomic E-state index is 6.17. The van der Waals surface area contributed by atoms with Crippen LogP contribution in [0.25, 0.3) is 11.3 Å². The van der Waals surface area contributed by atoms with Crippen molar-refractivity contribution in [2.75, 3.05) is 26.2 Å². The van der Waals surface area contributed by atoms with Gasteiger partial charge in [0, 0.05) is 24.7 Å². The van der Waals surface area contributed by atoms with Gasteiger partial charge >= 0.3 is 0 Å². The predicted octanol–water partition coefficient (Wildman–Crippen LogP) is 3.19. The Morgan fingerprint density at radius 3 is 2.86 bits per heavy atom. The Kier molecular flexibility index (Phi) is 4.48. The number of ether oxygens (including phenoxy) is 1. The zero-order chi connectivity index (χ0) is 14.7. The molecule has 110 valence electrons. The van der Waals surface area contributed by atoms with Crippen molar-refractivity contribution in [1.82, 2.24) is 14.9 Å². The highest BCUT2D eigenvalue weighted by Crippen LogP contribution is 2.25. The van der Waals surface area contributed by atoms with Gasteiger partial charge in [-0.25, -0.2) is 9.97 Å². The minimum atomic E-state index is -0.111. The lowest BCUT2D eigenvalue weighted by molar-refractivity contribution is -0.0325. The zero-order valence-electron chi connectivity index (χ0n) is 12.0. The van der Waals surface area contributed by atoms with Crippen molar-refractivity contribution in [2.24, 2.45) is 0 Å². The standard InChI is InChI=1S/C16H18ClN3O/c1-2-20-8-9-21-14(11-20)16-18-13(10-15(17)19-16)12-6-4-3-5-7-12/h3-7,10,14H,2,8-9,11H2,1H3. The highest BCUT2D eigenvalue weighted by atomic mass is 35.5. The third-order valence-electron chi connectivity index (χ3n) is 3.67. The monoisotopic (exact) mass is 303 g/mol. The van der Waals surface area contributed by atoms with E-state index < -0.39 is 0 Å². The summed E-state index contributed by atoms with van der Waals surface area (Å²) in [6, 6.07) is 11.8. The van der Waals surface area contributed by atoms with Gasteiger partial charge in [0.15, 0.2) is 5.82 Å². The fourth-order valence-electron chi connectivity index (χ4n) is 2.48. The Morgan fingerprint density at radius 1 is 1.29 bits per heavy atom. The minimum absolute atomic E-state index is 0.111. The lowest BCUT2D eigenvalue weighted by atomic mass is 10.1. The summed E-state index contributed by atoms with van der Waals surface area (Å²) in [5, 5.41) is 0.455. The number of hydrogen-bond acceptors (Lipinski definition) is 4. The molecule has 1 aliphatic rings. The molecule has 5 heteroatoms. The summed E-state index contributed by atoms with van der Waals surface area (Å²) in [5.74, 6) is 0.666. The summed E-state index contributed by atoms with van der Waals surface area (Å²) in [4.78, 5) is 11.3. The summed E-state index contributed by atoms with van der Waals surface area (Å²) < 4.78 is 5.82. The number of hydrogen-bond donors (Lipinski definition) is 0. The van der Waals surface area contributed by atoms with Crippen LogP contribution in [0.2, 0.25) is 5.15 Å². The van der Waals surface area contributed by atoms with E-state index in [9.17, 15) is 0 Å². The van der Waals surface area contributed by atoms with Gasteiger partial charge in [0.2, 0.25) is 0 Å². The van der Waals surface area contributed by atoms with Gasteiger partial charge < -0.3 is 4.74 Å². The van der Waals surface area contributed by atoms with Crippen LogP contribution < -0.4 is 0 Å². The molecule has 1 atom stereocenters. The molecule has 0 saturated carbocycles. The van der Waals surface area contributed by atoms with E-state index in [0.29, 0.717) is 17.6 Å². The lowest BCUT2D eigenvalue weighted by Gasteiger charge is -2.31. The predicted molar refractivity (Wildman–Crippen MR) is 83.3 cm³/mol. The quantitative estimate of drug-likeness (QED) is 0.816. The molecule has 1 unspecified atom stereocenters. The van der Waals surface area contributed by atoms with Gasteiger partial charge in [0.05, 0.1) is 12.3 Å². The van der Waals surface area contributed by atoms with Crippen LogP contribution in [0.3, 0.4) is 0 Å². The molecule has 21 heavy (non-hydrogen) atoms. The molecule has 3 rings (SSSR count). The fourth-order valence-corrected chi connectivity index (χ4v) is 2.67. The van der Waals surface area contributed by atoms with Crippen LogP contribution in [0.15, 0.2) is 36.4 Å². The van der Waals surface area contributed by atoms with E-state index in [1.807, 2.05) is 30.3 Å². The highest BCUT2D eigenvalue weighted by molar-refractivity contribution is 6.29. The van der Waals surface area contributed by atoms with Crippen molar-refractivity contribution >= 4 is 11.6 Å². The molecule has 4 nitrogen and oxygen atoms in total. The maximum atomic E-state index is 6.17. The Morgan fingerprint density at radius 2 is 2.10 bits per heavy atom. The van der Waals surface area contributed by atoms with E-state index in [4.69, 9.17) is 16.3 Å². The Bertz CT molecular complexity index is 606. The summed E-state index contributed by atoms with van der Waals surface area (Å²) in [6.07, 6.45) is -0.111. The Labute approximate surface area is 129 Å². The van der Waals surface area contributed by atoms with Crippen molar-refractivity contribution in [3.05, 3.63) is 47.4 Å². The second-order valence-corrected chi connectivity index (χ2v) is 5.44. The number of likely N-dealkylation sites (N-methyl/N-ethyl adjacent to an activating group) is 1. The molecule has 0 aliphatic carbocycles. The summed E-state index contributed by atoms with van der Waals surface area (Å²) in [6.45, 7) is 5.63. The molecular weight excluding hydrogens is 286 g/mol. The molecule has 0 spiro atoms. The lowest BCUT2D eigenvalue weighted by Crippen LogP contribution is -2.38. The molecule has 1 aliphatic heterocycles. The first-order valence-electron chi connectivity index (χ1n) is 7.20. The second-order valence-electron chi connectivity index (χ2n) is 5.05. The van der Waals surface area contributed by atoms with Crippen LogP contribution in [-0.4, -0.2) is 41.1 Å². The van der Waals surface area contributed by atoms with Crippen LogP contribution in [0.4, 0.5) is 0 Å². The fraction of sp³-hybridized carbons (Fsp3) is 0.375. The van der Waals surface area contributed by atoms with Crippen LogP contribution in [-0.2, 0) is 4.74 Å². The summed E-state index contributed by atoms with van der Waals surface area (Å²) in [7, 11) is 0. The first kappa shape index (κ1) is 14.4. The third kappa shape index (κ3) is 3.40. The molecule has 0 radical (unpaired) electrons. The van der Waals surface area contributed by atoms with Crippen LogP contribution in [0.1, 0.15) is 18.9 Å². The molecule has 0 amide bonds. The molecule has 2 heterocycles. The van der Waals surface area contributed by atoms with E-state index >= 15 is 0 Å². The number of halogens is 1. The second kappa shape index (κ2) is 6.52. The first-order chi connectivity index (χ1) is 10.3. The molecule has 1 saturated heterocycles. The van der Waals surface area contributed by atoms with Crippen LogP contribution >= 0.6 is 11.6 Å². The van der Waals surface area contributed by atoms with E-state index in [-0.39, 0.29) is 6.10 Å². The van der Waals surface area contributed by atoms with Crippen LogP contribution in [0.5, 0.6) is 0 Å². The number of rotatable bonds is 3.